The van der Waals surface area contributed by atoms with Crippen LogP contribution in [0.15, 0.2) is 59.4 Å². The first-order valence-electron chi connectivity index (χ1n) is 9.91. The second kappa shape index (κ2) is 8.41. The lowest BCUT2D eigenvalue weighted by molar-refractivity contribution is 0.0739. The van der Waals surface area contributed by atoms with Crippen molar-refractivity contribution >= 4 is 5.91 Å². The highest BCUT2D eigenvalue weighted by molar-refractivity contribution is 5.92. The normalized spacial score (nSPS) is 12.5. The number of ether oxygens (including phenoxy) is 2. The van der Waals surface area contributed by atoms with Crippen molar-refractivity contribution in [1.82, 2.24) is 14.7 Å². The Kier molecular flexibility index (Phi) is 5.52. The third-order valence-corrected chi connectivity index (χ3v) is 4.99. The summed E-state index contributed by atoms with van der Waals surface area (Å²) in [4.78, 5) is 27.4. The molecule has 1 aromatic heterocycles. The van der Waals surface area contributed by atoms with E-state index in [1.54, 1.807) is 16.5 Å². The second-order valence-corrected chi connectivity index (χ2v) is 7.01. The molecule has 2 aromatic carbocycles. The Morgan fingerprint density at radius 2 is 1.87 bits per heavy atom. The van der Waals surface area contributed by atoms with E-state index in [4.69, 9.17) is 9.47 Å². The zero-order chi connectivity index (χ0) is 21.1. The standard InChI is InChI=1S/C23H23N3O4/c1-3-25(15-17-8-7-11-20-22(17)30-13-12-29-20)23(28)21-19(27)14-16(2)26(24-21)18-9-5-4-6-10-18/h4-11,14H,3,12-13,15H2,1-2H3. The predicted octanol–water partition coefficient (Wildman–Crippen LogP) is 2.97. The highest BCUT2D eigenvalue weighted by Crippen LogP contribution is 2.34. The molecule has 0 N–H and O–H groups in total. The summed E-state index contributed by atoms with van der Waals surface area (Å²) >= 11 is 0. The summed E-state index contributed by atoms with van der Waals surface area (Å²) in [6.45, 7) is 5.34. The lowest BCUT2D eigenvalue weighted by atomic mass is 10.1. The third kappa shape index (κ3) is 3.78. The van der Waals surface area contributed by atoms with Crippen LogP contribution in [0.2, 0.25) is 0 Å². The molecule has 0 fully saturated rings. The smallest absolute Gasteiger partial charge is 0.278 e. The molecule has 0 spiro atoms. The van der Waals surface area contributed by atoms with E-state index < -0.39 is 11.3 Å². The number of rotatable bonds is 5. The van der Waals surface area contributed by atoms with E-state index >= 15 is 0 Å². The van der Waals surface area contributed by atoms with Crippen LogP contribution in [-0.4, -0.2) is 40.3 Å². The van der Waals surface area contributed by atoms with Crippen molar-refractivity contribution in [3.63, 3.8) is 0 Å². The van der Waals surface area contributed by atoms with Crippen LogP contribution in [0.3, 0.4) is 0 Å². The van der Waals surface area contributed by atoms with Crippen LogP contribution < -0.4 is 14.9 Å². The molecule has 4 rings (SSSR count). The zero-order valence-electron chi connectivity index (χ0n) is 17.0. The van der Waals surface area contributed by atoms with E-state index in [0.29, 0.717) is 43.5 Å². The molecule has 7 nitrogen and oxygen atoms in total. The van der Waals surface area contributed by atoms with Gasteiger partial charge < -0.3 is 14.4 Å². The number of nitrogens with zero attached hydrogens (tertiary/aromatic N) is 3. The van der Waals surface area contributed by atoms with Gasteiger partial charge in [0.15, 0.2) is 17.2 Å². The maximum atomic E-state index is 13.2. The van der Waals surface area contributed by atoms with Gasteiger partial charge in [-0.1, -0.05) is 30.3 Å². The molecule has 0 saturated carbocycles. The number of hydrogen-bond donors (Lipinski definition) is 0. The predicted molar refractivity (Wildman–Crippen MR) is 112 cm³/mol. The molecule has 154 valence electrons. The summed E-state index contributed by atoms with van der Waals surface area (Å²) in [6, 6.07) is 16.5. The number of para-hydroxylation sites is 2. The monoisotopic (exact) mass is 405 g/mol. The molecule has 0 atom stereocenters. The number of benzene rings is 2. The van der Waals surface area contributed by atoms with Gasteiger partial charge >= 0.3 is 0 Å². The van der Waals surface area contributed by atoms with Gasteiger partial charge in [0.25, 0.3) is 5.91 Å². The van der Waals surface area contributed by atoms with E-state index in [1.807, 2.05) is 55.5 Å². The minimum atomic E-state index is -0.415. The summed E-state index contributed by atoms with van der Waals surface area (Å²) in [6.07, 6.45) is 0. The van der Waals surface area contributed by atoms with Crippen molar-refractivity contribution in [2.45, 2.75) is 20.4 Å². The summed E-state index contributed by atoms with van der Waals surface area (Å²) in [5, 5.41) is 4.40. The van der Waals surface area contributed by atoms with E-state index in [9.17, 15) is 9.59 Å². The number of aromatic nitrogens is 2. The first kappa shape index (κ1) is 19.7. The second-order valence-electron chi connectivity index (χ2n) is 7.01. The first-order chi connectivity index (χ1) is 14.6. The molecule has 1 aliphatic heterocycles. The molecular formula is C23H23N3O4. The van der Waals surface area contributed by atoms with Crippen LogP contribution in [-0.2, 0) is 6.54 Å². The molecule has 1 aliphatic rings. The van der Waals surface area contributed by atoms with Gasteiger partial charge in [-0.2, -0.15) is 5.10 Å². The van der Waals surface area contributed by atoms with Crippen molar-refractivity contribution in [1.29, 1.82) is 0 Å². The molecule has 0 bridgehead atoms. The average molecular weight is 405 g/mol. The van der Waals surface area contributed by atoms with E-state index in [-0.39, 0.29) is 5.69 Å². The summed E-state index contributed by atoms with van der Waals surface area (Å²) in [5.41, 5.74) is 1.78. The Morgan fingerprint density at radius 1 is 1.10 bits per heavy atom. The van der Waals surface area contributed by atoms with Gasteiger partial charge in [-0.3, -0.25) is 9.59 Å². The van der Waals surface area contributed by atoms with E-state index in [0.717, 1.165) is 11.3 Å². The Hall–Kier alpha value is -3.61. The molecule has 2 heterocycles. The Labute approximate surface area is 174 Å². The minimum absolute atomic E-state index is 0.103. The molecule has 7 heteroatoms. The van der Waals surface area contributed by atoms with E-state index in [1.165, 1.54) is 6.07 Å². The number of aryl methyl sites for hydroxylation is 1. The Balaban J connectivity index is 1.67. The fourth-order valence-corrected chi connectivity index (χ4v) is 3.47. The van der Waals surface area contributed by atoms with Gasteiger partial charge in [-0.25, -0.2) is 4.68 Å². The van der Waals surface area contributed by atoms with Gasteiger partial charge in [-0.15, -0.1) is 0 Å². The lowest BCUT2D eigenvalue weighted by Gasteiger charge is -2.25. The first-order valence-corrected chi connectivity index (χ1v) is 9.91. The number of carbonyl (C=O) groups is 1. The fraction of sp³-hybridized carbons (Fsp3) is 0.261. The van der Waals surface area contributed by atoms with Crippen molar-refractivity contribution in [2.24, 2.45) is 0 Å². The van der Waals surface area contributed by atoms with Gasteiger partial charge in [0.2, 0.25) is 5.43 Å². The van der Waals surface area contributed by atoms with Gasteiger partial charge in [-0.05, 0) is 32.0 Å². The van der Waals surface area contributed by atoms with Crippen LogP contribution >= 0.6 is 0 Å². The molecule has 0 radical (unpaired) electrons. The number of amides is 1. The van der Waals surface area contributed by atoms with Crippen LogP contribution in [0.5, 0.6) is 11.5 Å². The molecule has 30 heavy (non-hydrogen) atoms. The highest BCUT2D eigenvalue weighted by Gasteiger charge is 2.24. The molecule has 0 unspecified atom stereocenters. The fourth-order valence-electron chi connectivity index (χ4n) is 3.47. The maximum Gasteiger partial charge on any atom is 0.278 e. The van der Waals surface area contributed by atoms with Crippen molar-refractivity contribution < 1.29 is 14.3 Å². The minimum Gasteiger partial charge on any atom is -0.486 e. The number of hydrogen-bond acceptors (Lipinski definition) is 5. The number of carbonyl (C=O) groups excluding carboxylic acids is 1. The van der Waals surface area contributed by atoms with E-state index in [2.05, 4.69) is 5.10 Å². The molecular weight excluding hydrogens is 382 g/mol. The largest absolute Gasteiger partial charge is 0.486 e. The number of fused-ring (bicyclic) bond motifs is 1. The van der Waals surface area contributed by atoms with Crippen LogP contribution in [0.1, 0.15) is 28.7 Å². The molecule has 1 amide bonds. The maximum absolute atomic E-state index is 13.2. The third-order valence-electron chi connectivity index (χ3n) is 4.99. The Bertz CT molecular complexity index is 1130. The summed E-state index contributed by atoms with van der Waals surface area (Å²) in [5.74, 6) is 0.900. The molecule has 0 aliphatic carbocycles. The van der Waals surface area contributed by atoms with Gasteiger partial charge in [0.05, 0.1) is 5.69 Å². The molecule has 0 saturated heterocycles. The molecule has 3 aromatic rings. The summed E-state index contributed by atoms with van der Waals surface area (Å²) in [7, 11) is 0. The topological polar surface area (TPSA) is 73.7 Å². The average Bonchev–Trinajstić information content (AvgIpc) is 2.78. The zero-order valence-corrected chi connectivity index (χ0v) is 17.0. The SMILES string of the molecule is CCN(Cc1cccc2c1OCCO2)C(=O)c1nn(-c2ccccc2)c(C)cc1=O. The van der Waals surface area contributed by atoms with Gasteiger partial charge in [0, 0.05) is 30.4 Å². The highest BCUT2D eigenvalue weighted by atomic mass is 16.6. The van der Waals surface area contributed by atoms with Crippen molar-refractivity contribution in [3.05, 3.63) is 81.8 Å². The Morgan fingerprint density at radius 3 is 2.63 bits per heavy atom. The van der Waals surface area contributed by atoms with Crippen LogP contribution in [0, 0.1) is 6.92 Å². The van der Waals surface area contributed by atoms with Crippen molar-refractivity contribution in [2.75, 3.05) is 19.8 Å². The lowest BCUT2D eigenvalue weighted by Crippen LogP contribution is -2.36. The quantitative estimate of drug-likeness (QED) is 0.653. The van der Waals surface area contributed by atoms with Crippen LogP contribution in [0.25, 0.3) is 5.69 Å². The van der Waals surface area contributed by atoms with Crippen LogP contribution in [0.4, 0.5) is 0 Å². The van der Waals surface area contributed by atoms with Crippen molar-refractivity contribution in [3.8, 4) is 17.2 Å². The van der Waals surface area contributed by atoms with Gasteiger partial charge in [0.1, 0.15) is 13.2 Å². The summed E-state index contributed by atoms with van der Waals surface area (Å²) < 4.78 is 13.0.